The lowest BCUT2D eigenvalue weighted by Crippen LogP contribution is -3.11. The zero-order chi connectivity index (χ0) is 18.2. The van der Waals surface area contributed by atoms with Crippen LogP contribution in [0.3, 0.4) is 0 Å². The Hall–Kier alpha value is -3.24. The number of carbonyl (C=O) groups excluding carboxylic acids is 2. The van der Waals surface area contributed by atoms with Crippen LogP contribution in [-0.4, -0.2) is 32.0 Å². The maximum Gasteiger partial charge on any atom is 0.279 e. The van der Waals surface area contributed by atoms with Crippen LogP contribution in [0.2, 0.25) is 0 Å². The number of rotatable bonds is 6. The summed E-state index contributed by atoms with van der Waals surface area (Å²) in [5.41, 5.74) is 1.18. The molecule has 0 saturated heterocycles. The Morgan fingerprint density at radius 3 is 2.44 bits per heavy atom. The molecule has 2 aromatic rings. The van der Waals surface area contributed by atoms with Crippen molar-refractivity contribution in [2.24, 2.45) is 0 Å². The van der Waals surface area contributed by atoms with Gasteiger partial charge in [-0.15, -0.1) is 0 Å². The van der Waals surface area contributed by atoms with E-state index < -0.39 is 5.82 Å². The summed E-state index contributed by atoms with van der Waals surface area (Å²) in [5.74, 6) is -1.07. The number of hydrogen-bond donors (Lipinski definition) is 3. The Labute approximate surface area is 144 Å². The number of benzene rings is 2. The number of anilines is 2. The molecule has 1 atom stereocenters. The number of para-hydroxylation sites is 1. The minimum Gasteiger partial charge on any atom is -0.322 e. The number of quaternary nitrogens is 1. The zero-order valence-corrected chi connectivity index (χ0v) is 13.7. The molecule has 0 aromatic heterocycles. The summed E-state index contributed by atoms with van der Waals surface area (Å²) in [6, 6.07) is 14.3. The second kappa shape index (κ2) is 8.57. The van der Waals surface area contributed by atoms with Crippen LogP contribution in [-0.2, 0) is 9.59 Å². The number of amides is 2. The number of hydrogen-bond acceptors (Lipinski definition) is 3. The summed E-state index contributed by atoms with van der Waals surface area (Å²) >= 11 is 0. The van der Waals surface area contributed by atoms with E-state index in [1.807, 2.05) is 6.07 Å². The molecule has 2 aromatic carbocycles. The highest BCUT2D eigenvalue weighted by molar-refractivity contribution is 5.93. The lowest BCUT2D eigenvalue weighted by atomic mass is 10.2. The molecule has 0 saturated carbocycles. The molecule has 3 N–H and O–H groups in total. The van der Waals surface area contributed by atoms with Gasteiger partial charge >= 0.3 is 0 Å². The standard InChI is InChI=1S/C18H17FN4O2/c1-23(11-17(24)21-15-7-4-6-14(19)9-15)12-18(25)22-16-8-3-2-5-13(16)10-20/h2-9H,11-12H2,1H3,(H,21,24)(H,22,25)/p+1. The lowest BCUT2D eigenvalue weighted by Gasteiger charge is -2.14. The van der Waals surface area contributed by atoms with Gasteiger partial charge in [0.1, 0.15) is 11.9 Å². The number of carbonyl (C=O) groups is 2. The molecule has 2 amide bonds. The van der Waals surface area contributed by atoms with Crippen molar-refractivity contribution in [3.05, 3.63) is 59.9 Å². The summed E-state index contributed by atoms with van der Waals surface area (Å²) in [7, 11) is 1.70. The first-order valence-electron chi connectivity index (χ1n) is 7.63. The van der Waals surface area contributed by atoms with Crippen molar-refractivity contribution in [2.45, 2.75) is 0 Å². The minimum absolute atomic E-state index is 0.0455. The molecule has 0 heterocycles. The van der Waals surface area contributed by atoms with Crippen molar-refractivity contribution >= 4 is 23.2 Å². The van der Waals surface area contributed by atoms with Gasteiger partial charge in [-0.1, -0.05) is 18.2 Å². The molecular formula is C18H18FN4O2+. The van der Waals surface area contributed by atoms with Crippen LogP contribution in [0.1, 0.15) is 5.56 Å². The molecule has 0 fully saturated rings. The Balaban J connectivity index is 1.85. The van der Waals surface area contributed by atoms with E-state index in [1.54, 1.807) is 37.4 Å². The van der Waals surface area contributed by atoms with Gasteiger partial charge in [0.15, 0.2) is 13.1 Å². The molecule has 6 nitrogen and oxygen atoms in total. The highest BCUT2D eigenvalue weighted by Crippen LogP contribution is 2.12. The number of nitriles is 1. The third kappa shape index (κ3) is 5.71. The maximum atomic E-state index is 13.1. The first-order chi connectivity index (χ1) is 12.0. The quantitative estimate of drug-likeness (QED) is 0.726. The summed E-state index contributed by atoms with van der Waals surface area (Å²) in [4.78, 5) is 24.7. The van der Waals surface area contributed by atoms with Crippen LogP contribution >= 0.6 is 0 Å². The second-order valence-corrected chi connectivity index (χ2v) is 5.57. The van der Waals surface area contributed by atoms with Crippen molar-refractivity contribution < 1.29 is 18.9 Å². The first-order valence-corrected chi connectivity index (χ1v) is 7.63. The van der Waals surface area contributed by atoms with Crippen LogP contribution in [0.15, 0.2) is 48.5 Å². The molecule has 0 aliphatic heterocycles. The monoisotopic (exact) mass is 341 g/mol. The van der Waals surface area contributed by atoms with E-state index in [4.69, 9.17) is 5.26 Å². The third-order valence-electron chi connectivity index (χ3n) is 3.35. The van der Waals surface area contributed by atoms with Crippen LogP contribution in [0, 0.1) is 17.1 Å². The van der Waals surface area contributed by atoms with E-state index in [0.717, 1.165) is 0 Å². The number of nitrogens with one attached hydrogen (secondary N) is 3. The van der Waals surface area contributed by atoms with E-state index >= 15 is 0 Å². The van der Waals surface area contributed by atoms with E-state index in [0.29, 0.717) is 21.8 Å². The highest BCUT2D eigenvalue weighted by atomic mass is 19.1. The van der Waals surface area contributed by atoms with Gasteiger partial charge in [0.05, 0.1) is 18.3 Å². The van der Waals surface area contributed by atoms with Crippen molar-refractivity contribution in [1.29, 1.82) is 5.26 Å². The van der Waals surface area contributed by atoms with Gasteiger partial charge in [-0.05, 0) is 30.3 Å². The molecule has 25 heavy (non-hydrogen) atoms. The maximum absolute atomic E-state index is 13.1. The largest absolute Gasteiger partial charge is 0.322 e. The van der Waals surface area contributed by atoms with Crippen LogP contribution in [0.4, 0.5) is 15.8 Å². The normalized spacial score (nSPS) is 11.2. The van der Waals surface area contributed by atoms with Gasteiger partial charge < -0.3 is 15.5 Å². The fourth-order valence-corrected chi connectivity index (χ4v) is 2.27. The molecule has 0 bridgehead atoms. The summed E-state index contributed by atoms with van der Waals surface area (Å²) < 4.78 is 13.1. The van der Waals surface area contributed by atoms with Crippen LogP contribution < -0.4 is 15.5 Å². The van der Waals surface area contributed by atoms with Gasteiger partial charge in [0.2, 0.25) is 0 Å². The Morgan fingerprint density at radius 1 is 1.08 bits per heavy atom. The van der Waals surface area contributed by atoms with E-state index in [9.17, 15) is 14.0 Å². The predicted molar refractivity (Wildman–Crippen MR) is 91.4 cm³/mol. The number of likely N-dealkylation sites (N-methyl/N-ethyl adjacent to an activating group) is 1. The van der Waals surface area contributed by atoms with Crippen molar-refractivity contribution in [3.63, 3.8) is 0 Å². The fraction of sp³-hybridized carbons (Fsp3) is 0.167. The molecular weight excluding hydrogens is 323 g/mol. The average Bonchev–Trinajstić information content (AvgIpc) is 2.54. The lowest BCUT2D eigenvalue weighted by molar-refractivity contribution is -0.862. The molecule has 1 unspecified atom stereocenters. The van der Waals surface area contributed by atoms with Gasteiger partial charge in [-0.25, -0.2) is 4.39 Å². The van der Waals surface area contributed by atoms with Gasteiger partial charge in [-0.2, -0.15) is 5.26 Å². The summed E-state index contributed by atoms with van der Waals surface area (Å²) in [6.45, 7) is 0.0974. The topological polar surface area (TPSA) is 86.4 Å². The van der Waals surface area contributed by atoms with Crippen molar-refractivity contribution in [2.75, 3.05) is 30.8 Å². The SMILES string of the molecule is C[NH+](CC(=O)Nc1cccc(F)c1)CC(=O)Nc1ccccc1C#N. The fourth-order valence-electron chi connectivity index (χ4n) is 2.27. The van der Waals surface area contributed by atoms with Gasteiger partial charge in [0.25, 0.3) is 11.8 Å². The molecule has 0 aliphatic rings. The van der Waals surface area contributed by atoms with Crippen molar-refractivity contribution in [1.82, 2.24) is 0 Å². The van der Waals surface area contributed by atoms with Gasteiger partial charge in [0, 0.05) is 5.69 Å². The zero-order valence-electron chi connectivity index (χ0n) is 13.7. The number of halogens is 1. The average molecular weight is 341 g/mol. The molecule has 2 rings (SSSR count). The van der Waals surface area contributed by atoms with Gasteiger partial charge in [-0.3, -0.25) is 9.59 Å². The Kier molecular flexibility index (Phi) is 6.20. The third-order valence-corrected chi connectivity index (χ3v) is 3.35. The smallest absolute Gasteiger partial charge is 0.279 e. The Bertz CT molecular complexity index is 817. The van der Waals surface area contributed by atoms with E-state index in [-0.39, 0.29) is 24.9 Å². The molecule has 0 spiro atoms. The highest BCUT2D eigenvalue weighted by Gasteiger charge is 2.15. The number of nitrogens with zero attached hydrogens (tertiary/aromatic N) is 1. The second-order valence-electron chi connectivity index (χ2n) is 5.57. The Morgan fingerprint density at radius 2 is 1.76 bits per heavy atom. The van der Waals surface area contributed by atoms with Crippen LogP contribution in [0.5, 0.6) is 0 Å². The molecule has 7 heteroatoms. The molecule has 0 aliphatic carbocycles. The summed E-state index contributed by atoms with van der Waals surface area (Å²) in [6.07, 6.45) is 0. The van der Waals surface area contributed by atoms with E-state index in [1.165, 1.54) is 18.2 Å². The van der Waals surface area contributed by atoms with Crippen molar-refractivity contribution in [3.8, 4) is 6.07 Å². The predicted octanol–water partition coefficient (Wildman–Crippen LogP) is 0.789. The van der Waals surface area contributed by atoms with Crippen LogP contribution in [0.25, 0.3) is 0 Å². The minimum atomic E-state index is -0.436. The first kappa shape index (κ1) is 18.1. The molecule has 128 valence electrons. The summed E-state index contributed by atoms with van der Waals surface area (Å²) in [5, 5.41) is 14.2. The van der Waals surface area contributed by atoms with E-state index in [2.05, 4.69) is 10.6 Å². The molecule has 0 radical (unpaired) electrons.